The summed E-state index contributed by atoms with van der Waals surface area (Å²) in [6.07, 6.45) is -8.39. The average Bonchev–Trinajstić information content (AvgIpc) is 2.76. The van der Waals surface area contributed by atoms with Gasteiger partial charge in [0.25, 0.3) is 0 Å². The predicted molar refractivity (Wildman–Crippen MR) is 113 cm³/mol. The lowest BCUT2D eigenvalue weighted by Crippen LogP contribution is -2.47. The highest BCUT2D eigenvalue weighted by Gasteiger charge is 2.37. The Balaban J connectivity index is 1.60. The van der Waals surface area contributed by atoms with Gasteiger partial charge in [0.15, 0.2) is 0 Å². The minimum absolute atomic E-state index is 0.00385. The molecule has 1 saturated heterocycles. The van der Waals surface area contributed by atoms with E-state index in [4.69, 9.17) is 4.74 Å². The largest absolute Gasteiger partial charge is 0.416 e. The van der Waals surface area contributed by atoms with Crippen LogP contribution < -0.4 is 0 Å². The van der Waals surface area contributed by atoms with E-state index >= 15 is 0 Å². The van der Waals surface area contributed by atoms with Crippen LogP contribution in [0.5, 0.6) is 0 Å². The lowest BCUT2D eigenvalue weighted by molar-refractivity contribution is -0.143. The predicted octanol–water partition coefficient (Wildman–Crippen LogP) is 6.68. The highest BCUT2D eigenvalue weighted by Crippen LogP contribution is 2.37. The van der Waals surface area contributed by atoms with Crippen molar-refractivity contribution in [1.82, 2.24) is 4.90 Å². The van der Waals surface area contributed by atoms with E-state index in [1.165, 1.54) is 17.8 Å². The summed E-state index contributed by atoms with van der Waals surface area (Å²) in [5, 5.41) is 0. The molecule has 3 rings (SSSR count). The van der Waals surface area contributed by atoms with Crippen LogP contribution in [0.3, 0.4) is 0 Å². The smallest absolute Gasteiger partial charge is 0.377 e. The minimum atomic E-state index is -4.85. The Hall–Kier alpha value is -1.78. The highest BCUT2D eigenvalue weighted by atomic mass is 32.2. The van der Waals surface area contributed by atoms with E-state index in [0.717, 1.165) is 12.1 Å². The first kappa shape index (κ1) is 25.8. The number of piperidine rings is 1. The maximum atomic E-state index is 13.9. The number of likely N-dealkylation sites (tertiary alicyclic amines) is 1. The van der Waals surface area contributed by atoms with Gasteiger partial charge in [-0.25, -0.2) is 4.39 Å². The molecule has 10 heteroatoms. The van der Waals surface area contributed by atoms with Crippen molar-refractivity contribution in [2.45, 2.75) is 42.1 Å². The number of hydrogen-bond donors (Lipinski definition) is 0. The van der Waals surface area contributed by atoms with Gasteiger partial charge in [0, 0.05) is 37.4 Å². The van der Waals surface area contributed by atoms with Crippen LogP contribution in [-0.4, -0.2) is 43.0 Å². The van der Waals surface area contributed by atoms with Gasteiger partial charge in [-0.1, -0.05) is 12.1 Å². The van der Waals surface area contributed by atoms with E-state index < -0.39 is 29.1 Å². The van der Waals surface area contributed by atoms with Crippen LogP contribution in [0.1, 0.15) is 29.5 Å². The van der Waals surface area contributed by atoms with Crippen molar-refractivity contribution in [3.05, 3.63) is 65.0 Å². The van der Waals surface area contributed by atoms with E-state index in [-0.39, 0.29) is 23.9 Å². The molecule has 33 heavy (non-hydrogen) atoms. The van der Waals surface area contributed by atoms with Crippen molar-refractivity contribution < 1.29 is 35.5 Å². The first-order valence-electron chi connectivity index (χ1n) is 10.4. The van der Waals surface area contributed by atoms with Crippen molar-refractivity contribution in [3.8, 4) is 0 Å². The van der Waals surface area contributed by atoms with Crippen LogP contribution in [0.25, 0.3) is 0 Å². The van der Waals surface area contributed by atoms with Crippen LogP contribution in [0, 0.1) is 5.82 Å². The normalized spacial score (nSPS) is 17.3. The zero-order chi connectivity index (χ0) is 24.3. The maximum Gasteiger partial charge on any atom is 0.416 e. The summed E-state index contributed by atoms with van der Waals surface area (Å²) in [6.45, 7) is 1.49. The molecule has 0 bridgehead atoms. The summed E-state index contributed by atoms with van der Waals surface area (Å²) >= 11 is 1.36. The molecule has 0 atom stereocenters. The van der Waals surface area contributed by atoms with Crippen molar-refractivity contribution in [2.24, 2.45) is 0 Å². The first-order valence-corrected chi connectivity index (χ1v) is 11.3. The Bertz CT molecular complexity index is 905. The topological polar surface area (TPSA) is 12.5 Å². The summed E-state index contributed by atoms with van der Waals surface area (Å²) in [7, 11) is 1.60. The fourth-order valence-electron chi connectivity index (χ4n) is 3.81. The quantitative estimate of drug-likeness (QED) is 0.314. The Morgan fingerprint density at radius 1 is 0.939 bits per heavy atom. The van der Waals surface area contributed by atoms with Crippen LogP contribution >= 0.6 is 11.8 Å². The molecular formula is C23H24F7NOS. The van der Waals surface area contributed by atoms with Crippen molar-refractivity contribution in [2.75, 3.05) is 32.5 Å². The molecule has 2 aromatic rings. The van der Waals surface area contributed by atoms with E-state index in [1.54, 1.807) is 25.3 Å². The summed E-state index contributed by atoms with van der Waals surface area (Å²) in [6, 6.07) is 8.17. The number of methoxy groups -OCH3 is 1. The Morgan fingerprint density at radius 3 is 2.03 bits per heavy atom. The van der Waals surface area contributed by atoms with Crippen LogP contribution in [-0.2, 0) is 23.5 Å². The fraction of sp³-hybridized carbons (Fsp3) is 0.478. The van der Waals surface area contributed by atoms with Gasteiger partial charge < -0.3 is 9.64 Å². The number of thioether (sulfide) groups is 1. The number of hydrogen-bond acceptors (Lipinski definition) is 3. The Labute approximate surface area is 192 Å². The molecule has 0 spiro atoms. The summed E-state index contributed by atoms with van der Waals surface area (Å²) in [5.74, 6) is 0.242. The zero-order valence-corrected chi connectivity index (χ0v) is 18.7. The third-order valence-corrected chi connectivity index (χ3v) is 7.20. The molecule has 1 fully saturated rings. The molecule has 1 aliphatic rings. The molecule has 0 N–H and O–H groups in total. The average molecular weight is 496 g/mol. The summed E-state index contributed by atoms with van der Waals surface area (Å²) in [5.41, 5.74) is -3.07. The molecule has 182 valence electrons. The molecule has 0 aliphatic carbocycles. The number of halogens is 7. The van der Waals surface area contributed by atoms with Gasteiger partial charge >= 0.3 is 12.4 Å². The summed E-state index contributed by atoms with van der Waals surface area (Å²) < 4.78 is 98.0. The number of ether oxygens (including phenoxy) is 1. The standard InChI is InChI=1S/C23H24F7NOS/c1-32-21(15-33-20-5-3-2-4-19(20)24)7-10-31(11-8-21)9-6-16-12-17(22(25,26)27)14-18(13-16)23(28,29)30/h2-5,12-14H,6-11,15H2,1H3. The van der Waals surface area contributed by atoms with Crippen molar-refractivity contribution in [1.29, 1.82) is 0 Å². The molecule has 1 heterocycles. The van der Waals surface area contributed by atoms with Gasteiger partial charge in [0.2, 0.25) is 0 Å². The molecule has 0 saturated carbocycles. The number of nitrogens with zero attached hydrogens (tertiary/aromatic N) is 1. The molecule has 2 aromatic carbocycles. The first-order chi connectivity index (χ1) is 15.4. The van der Waals surface area contributed by atoms with Gasteiger partial charge in [-0.15, -0.1) is 11.8 Å². The monoisotopic (exact) mass is 495 g/mol. The zero-order valence-electron chi connectivity index (χ0n) is 17.9. The molecule has 0 aromatic heterocycles. The fourth-order valence-corrected chi connectivity index (χ4v) is 5.02. The lowest BCUT2D eigenvalue weighted by atomic mass is 9.92. The van der Waals surface area contributed by atoms with Gasteiger partial charge in [-0.3, -0.25) is 0 Å². The van der Waals surface area contributed by atoms with Gasteiger partial charge in [0.1, 0.15) is 5.82 Å². The van der Waals surface area contributed by atoms with Gasteiger partial charge in [-0.2, -0.15) is 26.3 Å². The van der Waals surface area contributed by atoms with Crippen molar-refractivity contribution in [3.63, 3.8) is 0 Å². The third kappa shape index (κ3) is 6.86. The third-order valence-electron chi connectivity index (χ3n) is 5.89. The Morgan fingerprint density at radius 2 is 1.52 bits per heavy atom. The molecule has 1 aliphatic heterocycles. The highest BCUT2D eigenvalue weighted by molar-refractivity contribution is 7.99. The minimum Gasteiger partial charge on any atom is -0.377 e. The molecular weight excluding hydrogens is 471 g/mol. The second-order valence-corrected chi connectivity index (χ2v) is 9.13. The second kappa shape index (κ2) is 10.2. The number of alkyl halides is 6. The van der Waals surface area contributed by atoms with Gasteiger partial charge in [0.05, 0.1) is 16.7 Å². The summed E-state index contributed by atoms with van der Waals surface area (Å²) in [4.78, 5) is 2.53. The SMILES string of the molecule is COC1(CSc2ccccc2F)CCN(CCc2cc(C(F)(F)F)cc(C(F)(F)F)c2)CC1. The van der Waals surface area contributed by atoms with E-state index in [1.807, 2.05) is 4.90 Å². The maximum absolute atomic E-state index is 13.9. The van der Waals surface area contributed by atoms with Crippen LogP contribution in [0.15, 0.2) is 47.4 Å². The van der Waals surface area contributed by atoms with E-state index in [0.29, 0.717) is 43.1 Å². The molecule has 0 amide bonds. The van der Waals surface area contributed by atoms with Gasteiger partial charge in [-0.05, 0) is 55.2 Å². The molecule has 0 radical (unpaired) electrons. The van der Waals surface area contributed by atoms with Crippen LogP contribution in [0.4, 0.5) is 30.7 Å². The molecule has 2 nitrogen and oxygen atoms in total. The molecule has 0 unspecified atom stereocenters. The van der Waals surface area contributed by atoms with E-state index in [9.17, 15) is 30.7 Å². The second-order valence-electron chi connectivity index (χ2n) is 8.11. The Kier molecular flexibility index (Phi) is 8.01. The van der Waals surface area contributed by atoms with Crippen LogP contribution in [0.2, 0.25) is 0 Å². The number of benzene rings is 2. The lowest BCUT2D eigenvalue weighted by Gasteiger charge is -2.40. The van der Waals surface area contributed by atoms with Crippen molar-refractivity contribution >= 4 is 11.8 Å². The van der Waals surface area contributed by atoms with E-state index in [2.05, 4.69) is 0 Å². The number of rotatable bonds is 7.